The Kier molecular flexibility index (Phi) is 4.31. The summed E-state index contributed by atoms with van der Waals surface area (Å²) in [5.74, 6) is 0.158. The maximum absolute atomic E-state index is 13.5. The fourth-order valence-corrected chi connectivity index (χ4v) is 5.94. The van der Waals surface area contributed by atoms with Crippen LogP contribution in [0.1, 0.15) is 47.5 Å². The summed E-state index contributed by atoms with van der Waals surface area (Å²) < 4.78 is 40.5. The second-order valence-corrected chi connectivity index (χ2v) is 9.27. The summed E-state index contributed by atoms with van der Waals surface area (Å²) in [5, 5.41) is 3.61. The summed E-state index contributed by atoms with van der Waals surface area (Å²) in [6.07, 6.45) is -2.32. The van der Waals surface area contributed by atoms with Crippen LogP contribution in [0.4, 0.5) is 13.2 Å². The predicted octanol–water partition coefficient (Wildman–Crippen LogP) is 4.83. The van der Waals surface area contributed by atoms with Crippen LogP contribution in [0, 0.1) is 12.8 Å². The van der Waals surface area contributed by atoms with E-state index in [0.717, 1.165) is 37.3 Å². The topological polar surface area (TPSA) is 32.3 Å². The molecule has 146 valence electrons. The number of piperidine rings is 3. The molecule has 1 atom stereocenters. The highest BCUT2D eigenvalue weighted by Gasteiger charge is 2.48. The van der Waals surface area contributed by atoms with Crippen molar-refractivity contribution in [2.45, 2.75) is 51.4 Å². The van der Waals surface area contributed by atoms with E-state index < -0.39 is 11.7 Å². The molecule has 3 fully saturated rings. The van der Waals surface area contributed by atoms with Gasteiger partial charge in [0.15, 0.2) is 0 Å². The molecule has 4 heterocycles. The third kappa shape index (κ3) is 3.05. The highest BCUT2D eigenvalue weighted by atomic mass is 32.1. The maximum Gasteiger partial charge on any atom is 0.418 e. The summed E-state index contributed by atoms with van der Waals surface area (Å²) in [7, 11) is 0. The smallest absolute Gasteiger partial charge is 0.346 e. The van der Waals surface area contributed by atoms with Gasteiger partial charge in [-0.3, -0.25) is 9.69 Å². The lowest BCUT2D eigenvalue weighted by Gasteiger charge is -2.56. The minimum atomic E-state index is -4.43. The van der Waals surface area contributed by atoms with E-state index in [-0.39, 0.29) is 27.8 Å². The van der Waals surface area contributed by atoms with Crippen LogP contribution in [0.25, 0.3) is 10.1 Å². The van der Waals surface area contributed by atoms with Gasteiger partial charge in [0.25, 0.3) is 5.91 Å². The number of nitrogens with one attached hydrogen (secondary N) is 1. The Bertz CT molecular complexity index is 894. The Labute approximate surface area is 160 Å². The van der Waals surface area contributed by atoms with E-state index in [4.69, 9.17) is 0 Å². The molecule has 3 aliphatic heterocycles. The highest BCUT2D eigenvalue weighted by Crippen LogP contribution is 2.42. The molecule has 7 heteroatoms. The third-order valence-corrected chi connectivity index (χ3v) is 7.44. The van der Waals surface area contributed by atoms with E-state index in [1.54, 1.807) is 12.1 Å². The standard InChI is InChI=1S/C20H23F3N2OS/c1-11-4-5-13-10-14(27-16(13)15(11)20(21,22)23)18(26)24-17-12-6-8-25(9-7-12)19(17,2)3/h4-5,10,12,17H,6-9H2,1-3H3,(H,24,26). The van der Waals surface area contributed by atoms with Crippen LogP contribution in [0.5, 0.6) is 0 Å². The van der Waals surface area contributed by atoms with Gasteiger partial charge in [-0.2, -0.15) is 13.2 Å². The van der Waals surface area contributed by atoms with Gasteiger partial charge in [0, 0.05) is 16.3 Å². The van der Waals surface area contributed by atoms with Crippen molar-refractivity contribution in [2.24, 2.45) is 5.92 Å². The van der Waals surface area contributed by atoms with Crippen LogP contribution in [0.3, 0.4) is 0 Å². The predicted molar refractivity (Wildman–Crippen MR) is 101 cm³/mol. The number of hydrogen-bond acceptors (Lipinski definition) is 3. The Morgan fingerprint density at radius 3 is 2.52 bits per heavy atom. The fraction of sp³-hybridized carbons (Fsp3) is 0.550. The number of carbonyl (C=O) groups is 1. The molecule has 1 aromatic carbocycles. The minimum absolute atomic E-state index is 0.0153. The Morgan fingerprint density at radius 2 is 1.93 bits per heavy atom. The van der Waals surface area contributed by atoms with Crippen molar-refractivity contribution in [3.05, 3.63) is 34.2 Å². The summed E-state index contributed by atoms with van der Waals surface area (Å²) >= 11 is 0.936. The number of aryl methyl sites for hydroxylation is 1. The van der Waals surface area contributed by atoms with Crippen LogP contribution < -0.4 is 5.32 Å². The number of fused-ring (bicyclic) bond motifs is 4. The number of benzene rings is 1. The maximum atomic E-state index is 13.5. The van der Waals surface area contributed by atoms with E-state index >= 15 is 0 Å². The Balaban J connectivity index is 1.66. The molecule has 3 saturated heterocycles. The van der Waals surface area contributed by atoms with Gasteiger partial charge in [0.2, 0.25) is 0 Å². The number of thiophene rings is 1. The van der Waals surface area contributed by atoms with Crippen molar-refractivity contribution >= 4 is 27.3 Å². The molecule has 1 N–H and O–H groups in total. The van der Waals surface area contributed by atoms with Crippen LogP contribution in [0.2, 0.25) is 0 Å². The normalized spacial score (nSPS) is 27.1. The quantitative estimate of drug-likeness (QED) is 0.789. The molecule has 1 unspecified atom stereocenters. The first-order chi connectivity index (χ1) is 12.6. The molecule has 0 aliphatic carbocycles. The molecular weight excluding hydrogens is 373 g/mol. The van der Waals surface area contributed by atoms with Crippen molar-refractivity contribution in [2.75, 3.05) is 13.1 Å². The van der Waals surface area contributed by atoms with Crippen molar-refractivity contribution in [3.8, 4) is 0 Å². The van der Waals surface area contributed by atoms with Gasteiger partial charge in [-0.15, -0.1) is 11.3 Å². The van der Waals surface area contributed by atoms with Gasteiger partial charge in [0.05, 0.1) is 10.4 Å². The first kappa shape index (κ1) is 18.7. The summed E-state index contributed by atoms with van der Waals surface area (Å²) in [6.45, 7) is 7.82. The van der Waals surface area contributed by atoms with Crippen LogP contribution >= 0.6 is 11.3 Å². The number of halogens is 3. The van der Waals surface area contributed by atoms with Gasteiger partial charge < -0.3 is 5.32 Å². The zero-order chi connectivity index (χ0) is 19.6. The van der Waals surface area contributed by atoms with Gasteiger partial charge >= 0.3 is 6.18 Å². The summed E-state index contributed by atoms with van der Waals surface area (Å²) in [6, 6.07) is 4.72. The first-order valence-electron chi connectivity index (χ1n) is 9.25. The number of amides is 1. The lowest BCUT2D eigenvalue weighted by atomic mass is 9.72. The third-order valence-electron chi connectivity index (χ3n) is 6.28. The average Bonchev–Trinajstić information content (AvgIpc) is 3.01. The zero-order valence-electron chi connectivity index (χ0n) is 15.6. The first-order valence-corrected chi connectivity index (χ1v) is 10.1. The number of hydrogen-bond donors (Lipinski definition) is 1. The van der Waals surface area contributed by atoms with Crippen molar-refractivity contribution in [1.29, 1.82) is 0 Å². The molecule has 2 aromatic rings. The minimum Gasteiger partial charge on any atom is -0.346 e. The van der Waals surface area contributed by atoms with Crippen molar-refractivity contribution in [1.82, 2.24) is 10.2 Å². The van der Waals surface area contributed by atoms with Gasteiger partial charge in [-0.1, -0.05) is 12.1 Å². The Hall–Kier alpha value is -1.60. The fourth-order valence-electron chi connectivity index (χ4n) is 4.76. The molecule has 3 aliphatic rings. The highest BCUT2D eigenvalue weighted by molar-refractivity contribution is 7.21. The molecule has 2 bridgehead atoms. The second kappa shape index (κ2) is 6.21. The summed E-state index contributed by atoms with van der Waals surface area (Å²) in [4.78, 5) is 15.6. The van der Waals surface area contributed by atoms with E-state index in [1.807, 2.05) is 0 Å². The molecule has 1 aromatic heterocycles. The summed E-state index contributed by atoms with van der Waals surface area (Å²) in [5.41, 5.74) is -0.587. The second-order valence-electron chi connectivity index (χ2n) is 8.21. The van der Waals surface area contributed by atoms with Crippen molar-refractivity contribution < 1.29 is 18.0 Å². The van der Waals surface area contributed by atoms with Gasteiger partial charge in [-0.25, -0.2) is 0 Å². The molecule has 27 heavy (non-hydrogen) atoms. The molecule has 0 saturated carbocycles. The van der Waals surface area contributed by atoms with Crippen LogP contribution in [0.15, 0.2) is 18.2 Å². The van der Waals surface area contributed by atoms with E-state index in [0.29, 0.717) is 16.2 Å². The van der Waals surface area contributed by atoms with Gasteiger partial charge in [0.1, 0.15) is 0 Å². The molecule has 0 spiro atoms. The number of rotatable bonds is 2. The van der Waals surface area contributed by atoms with Crippen LogP contribution in [-0.2, 0) is 6.18 Å². The van der Waals surface area contributed by atoms with Crippen LogP contribution in [-0.4, -0.2) is 35.5 Å². The van der Waals surface area contributed by atoms with E-state index in [1.165, 1.54) is 13.0 Å². The molecule has 3 nitrogen and oxygen atoms in total. The molecular formula is C20H23F3N2OS. The van der Waals surface area contributed by atoms with Gasteiger partial charge in [-0.05, 0) is 69.6 Å². The number of nitrogens with zero attached hydrogens (tertiary/aromatic N) is 1. The molecule has 5 rings (SSSR count). The number of carbonyl (C=O) groups excluding carboxylic acids is 1. The lowest BCUT2D eigenvalue weighted by Crippen LogP contribution is -2.69. The molecule has 0 radical (unpaired) electrons. The molecule has 1 amide bonds. The van der Waals surface area contributed by atoms with Crippen molar-refractivity contribution in [3.63, 3.8) is 0 Å². The lowest BCUT2D eigenvalue weighted by molar-refractivity contribution is -0.136. The largest absolute Gasteiger partial charge is 0.418 e. The monoisotopic (exact) mass is 396 g/mol. The number of alkyl halides is 3. The average molecular weight is 396 g/mol. The Morgan fingerprint density at radius 1 is 1.26 bits per heavy atom. The van der Waals surface area contributed by atoms with E-state index in [9.17, 15) is 18.0 Å². The SMILES string of the molecule is Cc1ccc2cc(C(=O)NC3C4CCN(CC4)C3(C)C)sc2c1C(F)(F)F. The van der Waals surface area contributed by atoms with E-state index in [2.05, 4.69) is 24.1 Å². The zero-order valence-corrected chi connectivity index (χ0v) is 16.4.